The molecule has 2 aromatic carbocycles. The summed E-state index contributed by atoms with van der Waals surface area (Å²) in [5.41, 5.74) is 2.35. The summed E-state index contributed by atoms with van der Waals surface area (Å²) in [7, 11) is 3.16. The van der Waals surface area contributed by atoms with Gasteiger partial charge in [-0.1, -0.05) is 6.07 Å². The number of ether oxygens (including phenoxy) is 4. The molecular weight excluding hydrogens is 452 g/mol. The van der Waals surface area contributed by atoms with Crippen LogP contribution in [0.25, 0.3) is 16.8 Å². The lowest BCUT2D eigenvalue weighted by Gasteiger charge is -2.18. The molecule has 35 heavy (non-hydrogen) atoms. The predicted molar refractivity (Wildman–Crippen MR) is 128 cm³/mol. The van der Waals surface area contributed by atoms with Crippen molar-refractivity contribution in [2.24, 2.45) is 0 Å². The monoisotopic (exact) mass is 476 g/mol. The highest BCUT2D eigenvalue weighted by molar-refractivity contribution is 5.93. The van der Waals surface area contributed by atoms with Crippen LogP contribution in [0.15, 0.2) is 53.5 Å². The Labute approximate surface area is 200 Å². The first kappa shape index (κ1) is 22.3. The molecule has 0 atom stereocenters. The molecule has 1 aliphatic heterocycles. The van der Waals surface area contributed by atoms with Gasteiger partial charge < -0.3 is 29.2 Å². The number of aromatic amines is 1. The van der Waals surface area contributed by atoms with Gasteiger partial charge in [0.15, 0.2) is 28.7 Å². The SMILES string of the molecule is COc1ccc(CCNC(=O)c2cc3c(=O)[nH]c(-c4ccc5c(c4)OCCO5)cn3n2)cc1OC. The summed E-state index contributed by atoms with van der Waals surface area (Å²) >= 11 is 0. The zero-order valence-electron chi connectivity index (χ0n) is 19.3. The zero-order valence-corrected chi connectivity index (χ0v) is 19.3. The second-order valence-electron chi connectivity index (χ2n) is 7.91. The number of hydrogen-bond donors (Lipinski definition) is 2. The van der Waals surface area contributed by atoms with Crippen molar-refractivity contribution in [2.45, 2.75) is 6.42 Å². The third-order valence-electron chi connectivity index (χ3n) is 5.70. The van der Waals surface area contributed by atoms with E-state index >= 15 is 0 Å². The van der Waals surface area contributed by atoms with Crippen LogP contribution in [0.1, 0.15) is 16.1 Å². The van der Waals surface area contributed by atoms with E-state index in [0.717, 1.165) is 11.1 Å². The highest BCUT2D eigenvalue weighted by Gasteiger charge is 2.16. The summed E-state index contributed by atoms with van der Waals surface area (Å²) < 4.78 is 23.2. The Kier molecular flexibility index (Phi) is 6.01. The van der Waals surface area contributed by atoms with Gasteiger partial charge in [-0.2, -0.15) is 5.10 Å². The second-order valence-corrected chi connectivity index (χ2v) is 7.91. The largest absolute Gasteiger partial charge is 0.493 e. The molecular formula is C25H24N4O6. The molecule has 0 saturated carbocycles. The van der Waals surface area contributed by atoms with Crippen molar-refractivity contribution in [3.8, 4) is 34.3 Å². The maximum absolute atomic E-state index is 12.7. The third-order valence-corrected chi connectivity index (χ3v) is 5.70. The van der Waals surface area contributed by atoms with Crippen LogP contribution in [0, 0.1) is 0 Å². The van der Waals surface area contributed by atoms with Gasteiger partial charge in [-0.15, -0.1) is 0 Å². The normalized spacial score (nSPS) is 12.4. The van der Waals surface area contributed by atoms with Gasteiger partial charge >= 0.3 is 0 Å². The van der Waals surface area contributed by atoms with Gasteiger partial charge in [0.05, 0.1) is 26.1 Å². The number of nitrogens with one attached hydrogen (secondary N) is 2. The Morgan fingerprint density at radius 3 is 2.66 bits per heavy atom. The van der Waals surface area contributed by atoms with Gasteiger partial charge in [0.25, 0.3) is 11.5 Å². The molecule has 5 rings (SSSR count). The maximum atomic E-state index is 12.7. The highest BCUT2D eigenvalue weighted by atomic mass is 16.6. The number of hydrogen-bond acceptors (Lipinski definition) is 7. The molecule has 10 heteroatoms. The first-order valence-corrected chi connectivity index (χ1v) is 11.1. The number of nitrogens with zero attached hydrogens (tertiary/aromatic N) is 2. The minimum atomic E-state index is -0.366. The van der Waals surface area contributed by atoms with Crippen molar-refractivity contribution >= 4 is 11.4 Å². The Bertz CT molecular complexity index is 1460. The van der Waals surface area contributed by atoms with E-state index in [1.54, 1.807) is 32.5 Å². The minimum absolute atomic E-state index is 0.155. The lowest BCUT2D eigenvalue weighted by molar-refractivity contribution is 0.0949. The molecule has 0 aliphatic carbocycles. The molecule has 2 aromatic heterocycles. The Morgan fingerprint density at radius 2 is 1.86 bits per heavy atom. The zero-order chi connectivity index (χ0) is 24.4. The molecule has 3 heterocycles. The van der Waals surface area contributed by atoms with Gasteiger partial charge in [-0.3, -0.25) is 9.59 Å². The van der Waals surface area contributed by atoms with Crippen molar-refractivity contribution in [3.05, 3.63) is 70.3 Å². The fraction of sp³-hybridized carbons (Fsp3) is 0.240. The highest BCUT2D eigenvalue weighted by Crippen LogP contribution is 2.33. The van der Waals surface area contributed by atoms with Crippen molar-refractivity contribution < 1.29 is 23.7 Å². The van der Waals surface area contributed by atoms with Crippen LogP contribution in [-0.4, -0.2) is 54.5 Å². The van der Waals surface area contributed by atoms with Crippen LogP contribution in [0.4, 0.5) is 0 Å². The molecule has 10 nitrogen and oxygen atoms in total. The van der Waals surface area contributed by atoms with E-state index in [2.05, 4.69) is 15.4 Å². The van der Waals surface area contributed by atoms with Crippen LogP contribution in [0.5, 0.6) is 23.0 Å². The number of methoxy groups -OCH3 is 2. The van der Waals surface area contributed by atoms with E-state index in [9.17, 15) is 9.59 Å². The van der Waals surface area contributed by atoms with Crippen LogP contribution in [-0.2, 0) is 6.42 Å². The van der Waals surface area contributed by atoms with Gasteiger partial charge in [-0.05, 0) is 42.3 Å². The summed E-state index contributed by atoms with van der Waals surface area (Å²) in [5, 5.41) is 7.16. The Morgan fingerprint density at radius 1 is 1.06 bits per heavy atom. The average molecular weight is 476 g/mol. The Balaban J connectivity index is 1.31. The number of amides is 1. The number of rotatable bonds is 7. The molecule has 1 amide bonds. The van der Waals surface area contributed by atoms with E-state index < -0.39 is 0 Å². The topological polar surface area (TPSA) is 116 Å². The third kappa shape index (κ3) is 4.50. The number of benzene rings is 2. The van der Waals surface area contributed by atoms with E-state index in [1.807, 2.05) is 24.3 Å². The molecule has 2 N–H and O–H groups in total. The molecule has 0 bridgehead atoms. The quantitative estimate of drug-likeness (QED) is 0.421. The van der Waals surface area contributed by atoms with Crippen molar-refractivity contribution in [3.63, 3.8) is 0 Å². The lowest BCUT2D eigenvalue weighted by atomic mass is 10.1. The molecule has 1 aliphatic rings. The summed E-state index contributed by atoms with van der Waals surface area (Å²) in [6, 6.07) is 12.5. The van der Waals surface area contributed by atoms with Crippen LogP contribution in [0.3, 0.4) is 0 Å². The smallest absolute Gasteiger partial charge is 0.274 e. The lowest BCUT2D eigenvalue weighted by Crippen LogP contribution is -2.26. The van der Waals surface area contributed by atoms with Crippen molar-refractivity contribution in [1.82, 2.24) is 19.9 Å². The van der Waals surface area contributed by atoms with Gasteiger partial charge in [-0.25, -0.2) is 4.52 Å². The molecule has 180 valence electrons. The molecule has 0 radical (unpaired) electrons. The minimum Gasteiger partial charge on any atom is -0.493 e. The van der Waals surface area contributed by atoms with E-state index in [0.29, 0.717) is 54.9 Å². The maximum Gasteiger partial charge on any atom is 0.274 e. The summed E-state index contributed by atoms with van der Waals surface area (Å²) in [6.45, 7) is 1.36. The number of carbonyl (C=O) groups is 1. The summed E-state index contributed by atoms with van der Waals surface area (Å²) in [6.07, 6.45) is 2.26. The first-order chi connectivity index (χ1) is 17.1. The van der Waals surface area contributed by atoms with E-state index in [1.165, 1.54) is 10.6 Å². The number of carbonyl (C=O) groups excluding carboxylic acids is 1. The van der Waals surface area contributed by atoms with E-state index in [-0.39, 0.29) is 22.7 Å². The van der Waals surface area contributed by atoms with Gasteiger partial charge in [0, 0.05) is 18.2 Å². The van der Waals surface area contributed by atoms with Crippen molar-refractivity contribution in [2.75, 3.05) is 34.0 Å². The fourth-order valence-corrected chi connectivity index (χ4v) is 3.92. The average Bonchev–Trinajstić information content (AvgIpc) is 3.33. The van der Waals surface area contributed by atoms with Crippen LogP contribution >= 0.6 is 0 Å². The van der Waals surface area contributed by atoms with Gasteiger partial charge in [0.2, 0.25) is 0 Å². The molecule has 0 fully saturated rings. The molecule has 0 unspecified atom stereocenters. The van der Waals surface area contributed by atoms with Crippen molar-refractivity contribution in [1.29, 1.82) is 0 Å². The standard InChI is InChI=1S/C25H24N4O6/c1-32-20-5-3-15(11-22(20)33-2)7-8-26-24(30)17-13-19-25(31)27-18(14-29(19)28-17)16-4-6-21-23(12-16)35-10-9-34-21/h3-6,11-14H,7-10H2,1-2H3,(H,26,30)(H,27,31). The van der Waals surface area contributed by atoms with Gasteiger partial charge in [0.1, 0.15) is 18.7 Å². The number of fused-ring (bicyclic) bond motifs is 2. The summed E-state index contributed by atoms with van der Waals surface area (Å²) in [4.78, 5) is 28.2. The molecule has 4 aromatic rings. The number of aromatic nitrogens is 3. The molecule has 0 saturated heterocycles. The Hall–Kier alpha value is -4.47. The predicted octanol–water partition coefficient (Wildman–Crippen LogP) is 2.45. The first-order valence-electron chi connectivity index (χ1n) is 11.1. The fourth-order valence-electron chi connectivity index (χ4n) is 3.92. The van der Waals surface area contributed by atoms with Crippen LogP contribution in [0.2, 0.25) is 0 Å². The van der Waals surface area contributed by atoms with E-state index in [4.69, 9.17) is 18.9 Å². The molecule has 0 spiro atoms. The second kappa shape index (κ2) is 9.41. The number of H-pyrrole nitrogens is 1. The van der Waals surface area contributed by atoms with Crippen LogP contribution < -0.4 is 29.8 Å². The summed E-state index contributed by atoms with van der Waals surface area (Å²) in [5.74, 6) is 2.18.